The molecule has 182 valence electrons. The number of ether oxygens (including phenoxy) is 1. The number of anilines is 1. The van der Waals surface area contributed by atoms with E-state index in [0.29, 0.717) is 0 Å². The van der Waals surface area contributed by atoms with Gasteiger partial charge in [0.25, 0.3) is 21.2 Å². The number of aromatic amines is 1. The van der Waals surface area contributed by atoms with Crippen molar-refractivity contribution in [3.05, 3.63) is 27.1 Å². The van der Waals surface area contributed by atoms with Gasteiger partial charge < -0.3 is 39.1 Å². The molecule has 0 bridgehead atoms. The average molecular weight is 528 g/mol. The zero-order chi connectivity index (χ0) is 24.6. The number of nitrogens with one attached hydrogen (secondary N) is 1. The van der Waals surface area contributed by atoms with E-state index in [4.69, 9.17) is 16.0 Å². The average Bonchev–Trinajstić information content (AvgIpc) is 3.21. The Morgan fingerprint density at radius 3 is 2.64 bits per heavy atom. The molecular formula is C10H11N8O12P3-4. The SMILES string of the molecule is [N-]=[N+]=NC1CC(n2cnc3c(=O)[nH]c(N)nc32)OC1COP(=O)([O-])OP(=O)([O-])OP(=O)([O-])[O-]. The van der Waals surface area contributed by atoms with Crippen LogP contribution in [0.1, 0.15) is 12.6 Å². The summed E-state index contributed by atoms with van der Waals surface area (Å²) in [5.74, 6) is -0.229. The third kappa shape index (κ3) is 6.45. The normalized spacial score (nSPS) is 24.8. The number of aromatic nitrogens is 4. The van der Waals surface area contributed by atoms with Crippen LogP contribution in [0.25, 0.3) is 21.6 Å². The number of fused-ring (bicyclic) bond motifs is 1. The Kier molecular flexibility index (Phi) is 7.12. The lowest BCUT2D eigenvalue weighted by molar-refractivity contribution is -0.339. The molecule has 0 spiro atoms. The zero-order valence-corrected chi connectivity index (χ0v) is 18.4. The van der Waals surface area contributed by atoms with Crippen LogP contribution in [0.5, 0.6) is 0 Å². The Morgan fingerprint density at radius 1 is 1.30 bits per heavy atom. The summed E-state index contributed by atoms with van der Waals surface area (Å²) in [6.07, 6.45) is -1.21. The lowest BCUT2D eigenvalue weighted by Crippen LogP contribution is -2.26. The fraction of sp³-hybridized carbons (Fsp3) is 0.500. The van der Waals surface area contributed by atoms with Gasteiger partial charge in [-0.25, -0.2) is 9.29 Å². The van der Waals surface area contributed by atoms with Crippen molar-refractivity contribution in [3.8, 4) is 0 Å². The second kappa shape index (κ2) is 9.23. The van der Waals surface area contributed by atoms with Gasteiger partial charge in [0.1, 0.15) is 6.23 Å². The van der Waals surface area contributed by atoms with E-state index < -0.39 is 54.0 Å². The third-order valence-corrected chi connectivity index (χ3v) is 7.63. The maximum Gasteiger partial charge on any atom is 0.280 e. The van der Waals surface area contributed by atoms with E-state index in [9.17, 15) is 38.1 Å². The van der Waals surface area contributed by atoms with Crippen LogP contribution in [0.3, 0.4) is 0 Å². The molecule has 1 saturated heterocycles. The number of H-pyrrole nitrogens is 1. The first-order chi connectivity index (χ1) is 15.2. The number of phosphoric acid groups is 3. The molecule has 2 aromatic heterocycles. The number of imidazole rings is 1. The lowest BCUT2D eigenvalue weighted by atomic mass is 10.1. The topological polar surface area (TPSA) is 319 Å². The van der Waals surface area contributed by atoms with E-state index in [1.165, 1.54) is 10.9 Å². The van der Waals surface area contributed by atoms with Crippen molar-refractivity contribution in [2.75, 3.05) is 12.3 Å². The Balaban J connectivity index is 1.75. The molecular weight excluding hydrogens is 517 g/mol. The van der Waals surface area contributed by atoms with Gasteiger partial charge in [-0.15, -0.1) is 0 Å². The van der Waals surface area contributed by atoms with Crippen molar-refractivity contribution in [1.82, 2.24) is 19.5 Å². The lowest BCUT2D eigenvalue weighted by Gasteiger charge is -2.37. The van der Waals surface area contributed by atoms with Gasteiger partial charge >= 0.3 is 0 Å². The highest BCUT2D eigenvalue weighted by Crippen LogP contribution is 2.60. The molecule has 5 unspecified atom stereocenters. The van der Waals surface area contributed by atoms with E-state index in [1.807, 2.05) is 0 Å². The van der Waals surface area contributed by atoms with Crippen molar-refractivity contribution in [2.45, 2.75) is 24.8 Å². The number of rotatable bonds is 9. The molecule has 3 N–H and O–H groups in total. The predicted molar refractivity (Wildman–Crippen MR) is 95.0 cm³/mol. The smallest absolute Gasteiger partial charge is 0.280 e. The van der Waals surface area contributed by atoms with Gasteiger partial charge in [0.05, 0.1) is 32.9 Å². The number of hydrogen-bond acceptors (Lipinski definition) is 16. The van der Waals surface area contributed by atoms with Gasteiger partial charge in [0, 0.05) is 11.3 Å². The number of phosphoric ester groups is 1. The molecule has 0 radical (unpaired) electrons. The fourth-order valence-electron chi connectivity index (χ4n) is 2.83. The van der Waals surface area contributed by atoms with Crippen LogP contribution in [-0.4, -0.2) is 38.3 Å². The highest BCUT2D eigenvalue weighted by molar-refractivity contribution is 7.64. The minimum atomic E-state index is -6.14. The summed E-state index contributed by atoms with van der Waals surface area (Å²) in [7, 11) is -18.1. The van der Waals surface area contributed by atoms with Gasteiger partial charge in [0.15, 0.2) is 11.2 Å². The fourth-order valence-corrected chi connectivity index (χ4v) is 5.69. The molecule has 0 amide bonds. The van der Waals surface area contributed by atoms with Crippen LogP contribution < -0.4 is 30.9 Å². The van der Waals surface area contributed by atoms with Crippen LogP contribution in [0.2, 0.25) is 0 Å². The van der Waals surface area contributed by atoms with Gasteiger partial charge in [-0.2, -0.15) is 4.98 Å². The van der Waals surface area contributed by atoms with Crippen LogP contribution in [0, 0.1) is 0 Å². The minimum absolute atomic E-state index is 0.00410. The van der Waals surface area contributed by atoms with Gasteiger partial charge in [0.2, 0.25) is 5.95 Å². The highest BCUT2D eigenvalue weighted by atomic mass is 31.3. The Bertz CT molecular complexity index is 1300. The summed E-state index contributed by atoms with van der Waals surface area (Å²) in [5, 5.41) is 3.44. The molecule has 0 aromatic carbocycles. The molecule has 0 aliphatic carbocycles. The summed E-state index contributed by atoms with van der Waals surface area (Å²) in [6, 6.07) is -1.06. The molecule has 2 aromatic rings. The van der Waals surface area contributed by atoms with Gasteiger partial charge in [-0.05, 0) is 5.53 Å². The van der Waals surface area contributed by atoms with Crippen molar-refractivity contribution in [3.63, 3.8) is 0 Å². The maximum absolute atomic E-state index is 11.9. The second-order valence-corrected chi connectivity index (χ2v) is 10.5. The highest BCUT2D eigenvalue weighted by Gasteiger charge is 2.38. The van der Waals surface area contributed by atoms with Crippen LogP contribution in [-0.2, 0) is 31.6 Å². The van der Waals surface area contributed by atoms with Crippen molar-refractivity contribution >= 4 is 40.6 Å². The summed E-state index contributed by atoms with van der Waals surface area (Å²) >= 11 is 0. The largest absolute Gasteiger partial charge is 0.790 e. The molecule has 1 aliphatic rings. The zero-order valence-electron chi connectivity index (χ0n) is 15.7. The van der Waals surface area contributed by atoms with Crippen LogP contribution in [0.4, 0.5) is 5.95 Å². The third-order valence-electron chi connectivity index (χ3n) is 3.96. The number of nitrogen functional groups attached to an aromatic ring is 1. The second-order valence-electron chi connectivity index (χ2n) is 6.21. The molecule has 3 rings (SSSR count). The van der Waals surface area contributed by atoms with Gasteiger partial charge in [-0.3, -0.25) is 27.8 Å². The Labute approximate surface area is 181 Å². The van der Waals surface area contributed by atoms with Crippen LogP contribution >= 0.6 is 23.5 Å². The molecule has 23 heteroatoms. The summed E-state index contributed by atoms with van der Waals surface area (Å²) < 4.78 is 51.0. The van der Waals surface area contributed by atoms with Gasteiger partial charge in [-0.1, -0.05) is 5.11 Å². The van der Waals surface area contributed by atoms with E-state index in [-0.39, 0.29) is 23.5 Å². The quantitative estimate of drug-likeness (QED) is 0.147. The molecule has 1 aliphatic heterocycles. The first kappa shape index (κ1) is 25.5. The first-order valence-corrected chi connectivity index (χ1v) is 12.7. The molecule has 1 fully saturated rings. The van der Waals surface area contributed by atoms with E-state index in [2.05, 4.69) is 38.1 Å². The summed E-state index contributed by atoms with van der Waals surface area (Å²) in [5.41, 5.74) is 13.5. The number of nitrogens with zero attached hydrogens (tertiary/aromatic N) is 6. The maximum atomic E-state index is 11.9. The van der Waals surface area contributed by atoms with E-state index in [1.54, 1.807) is 0 Å². The first-order valence-electron chi connectivity index (χ1n) is 8.33. The van der Waals surface area contributed by atoms with Crippen LogP contribution in [0.15, 0.2) is 16.2 Å². The Hall–Kier alpha value is -2.17. The number of azide groups is 1. The van der Waals surface area contributed by atoms with Crippen molar-refractivity contribution in [2.24, 2.45) is 5.11 Å². The summed E-state index contributed by atoms with van der Waals surface area (Å²) in [4.78, 5) is 68.2. The minimum Gasteiger partial charge on any atom is -0.790 e. The molecule has 0 saturated carbocycles. The molecule has 5 atom stereocenters. The molecule has 20 nitrogen and oxygen atoms in total. The van der Waals surface area contributed by atoms with E-state index >= 15 is 0 Å². The van der Waals surface area contributed by atoms with Crippen molar-refractivity contribution < 1.29 is 51.2 Å². The Morgan fingerprint density at radius 2 is 2.00 bits per heavy atom. The van der Waals surface area contributed by atoms with E-state index in [0.717, 1.165) is 0 Å². The number of hydrogen-bond donors (Lipinski definition) is 2. The van der Waals surface area contributed by atoms with Crippen molar-refractivity contribution in [1.29, 1.82) is 0 Å². The molecule has 33 heavy (non-hydrogen) atoms. The predicted octanol–water partition coefficient (Wildman–Crippen LogP) is -2.52. The standard InChI is InChI=1S/C10H15N8O12P3/c11-10-14-8-7(9(19)15-10)13-3-18(8)6-1-4(16-17-12)5(28-6)2-27-32(23,24)30-33(25,26)29-31(20,21)22/h3-6H,1-2H2,(H,23,24)(H,25,26)(H2,20,21,22)(H3,11,14,15,19)/p-4. The summed E-state index contributed by atoms with van der Waals surface area (Å²) in [6.45, 7) is -0.962. The monoisotopic (exact) mass is 528 g/mol. The molecule has 3 heterocycles. The number of nitrogens with two attached hydrogens (primary N) is 1.